The van der Waals surface area contributed by atoms with Crippen LogP contribution in [-0.4, -0.2) is 52.3 Å². The maximum atomic E-state index is 13.5. The summed E-state index contributed by atoms with van der Waals surface area (Å²) in [4.78, 5) is 51.4. The van der Waals surface area contributed by atoms with Crippen LogP contribution in [-0.2, 0) is 32.0 Å². The van der Waals surface area contributed by atoms with E-state index in [0.717, 1.165) is 36.8 Å². The quantitative estimate of drug-likeness (QED) is 0.242. The van der Waals surface area contributed by atoms with Gasteiger partial charge < -0.3 is 31.0 Å². The van der Waals surface area contributed by atoms with Gasteiger partial charge in [0, 0.05) is 12.8 Å². The van der Waals surface area contributed by atoms with Crippen molar-refractivity contribution in [1.29, 1.82) is 0 Å². The van der Waals surface area contributed by atoms with Crippen LogP contribution in [0.4, 0.5) is 0 Å². The third-order valence-electron chi connectivity index (χ3n) is 7.36. The fraction of sp³-hybridized carbons (Fsp3) is 0.484. The molecule has 0 unspecified atom stereocenters. The summed E-state index contributed by atoms with van der Waals surface area (Å²) in [6.45, 7) is 3.58. The van der Waals surface area contributed by atoms with Gasteiger partial charge in [-0.15, -0.1) is 0 Å². The highest BCUT2D eigenvalue weighted by atomic mass is 16.3. The van der Waals surface area contributed by atoms with Gasteiger partial charge in [0.1, 0.15) is 29.9 Å². The molecule has 3 atom stereocenters. The van der Waals surface area contributed by atoms with Gasteiger partial charge in [0.05, 0.1) is 6.04 Å². The van der Waals surface area contributed by atoms with Gasteiger partial charge in [-0.1, -0.05) is 57.4 Å². The summed E-state index contributed by atoms with van der Waals surface area (Å²) in [5, 5.41) is 27.5. The molecule has 40 heavy (non-hydrogen) atoms. The molecule has 0 bridgehead atoms. The number of hydrogen-bond acceptors (Lipinski definition) is 6. The van der Waals surface area contributed by atoms with Gasteiger partial charge in [-0.25, -0.2) is 0 Å². The highest BCUT2D eigenvalue weighted by molar-refractivity contribution is 5.93. The average molecular weight is 552 g/mol. The Morgan fingerprint density at radius 3 is 1.88 bits per heavy atom. The molecule has 0 aliphatic heterocycles. The highest BCUT2D eigenvalue weighted by Crippen LogP contribution is 2.26. The smallest absolute Gasteiger partial charge is 0.243 e. The summed E-state index contributed by atoms with van der Waals surface area (Å²) >= 11 is 0. The zero-order chi connectivity index (χ0) is 29.1. The first-order chi connectivity index (χ1) is 19.1. The number of nitrogens with one attached hydrogen (secondary N) is 3. The minimum atomic E-state index is -0.938. The summed E-state index contributed by atoms with van der Waals surface area (Å²) in [5.41, 5.74) is 1.51. The summed E-state index contributed by atoms with van der Waals surface area (Å²) in [6.07, 6.45) is 6.81. The van der Waals surface area contributed by atoms with Crippen LogP contribution in [0.2, 0.25) is 0 Å². The Balaban J connectivity index is 1.69. The first-order valence-corrected chi connectivity index (χ1v) is 14.1. The SMILES string of the molecule is CC(C)[C@H](NC(=O)[C@H](Cc1ccc(O)cc1)NC(=O)CC1CCCCC1)C(=O)N[C@@H](C=O)Cc1ccc(O)cc1. The number of phenols is 2. The molecule has 1 aliphatic rings. The summed E-state index contributed by atoms with van der Waals surface area (Å²) in [7, 11) is 0. The Labute approximate surface area is 235 Å². The molecule has 0 heterocycles. The number of aromatic hydroxyl groups is 2. The van der Waals surface area contributed by atoms with E-state index in [0.29, 0.717) is 18.6 Å². The van der Waals surface area contributed by atoms with Crippen LogP contribution >= 0.6 is 0 Å². The molecule has 0 radical (unpaired) electrons. The van der Waals surface area contributed by atoms with Crippen LogP contribution in [0.3, 0.4) is 0 Å². The molecular weight excluding hydrogens is 510 g/mol. The van der Waals surface area contributed by atoms with Crippen molar-refractivity contribution in [2.24, 2.45) is 11.8 Å². The van der Waals surface area contributed by atoms with Crippen LogP contribution in [0.1, 0.15) is 63.5 Å². The number of hydrogen-bond donors (Lipinski definition) is 5. The van der Waals surface area contributed by atoms with E-state index in [1.54, 1.807) is 38.1 Å². The predicted octanol–water partition coefficient (Wildman–Crippen LogP) is 3.16. The number of benzene rings is 2. The van der Waals surface area contributed by atoms with Crippen molar-refractivity contribution in [2.75, 3.05) is 0 Å². The second-order valence-electron chi connectivity index (χ2n) is 11.1. The van der Waals surface area contributed by atoms with Crippen LogP contribution in [0.25, 0.3) is 0 Å². The fourth-order valence-corrected chi connectivity index (χ4v) is 5.06. The van der Waals surface area contributed by atoms with Crippen LogP contribution in [0, 0.1) is 11.8 Å². The normalized spacial score (nSPS) is 16.0. The average Bonchev–Trinajstić information content (AvgIpc) is 2.93. The number of carbonyl (C=O) groups excluding carboxylic acids is 4. The monoisotopic (exact) mass is 551 g/mol. The molecule has 2 aromatic rings. The van der Waals surface area contributed by atoms with Gasteiger partial charge in [0.2, 0.25) is 17.7 Å². The van der Waals surface area contributed by atoms with E-state index in [-0.39, 0.29) is 36.2 Å². The largest absolute Gasteiger partial charge is 0.508 e. The highest BCUT2D eigenvalue weighted by Gasteiger charge is 2.30. The van der Waals surface area contributed by atoms with E-state index in [1.807, 2.05) is 0 Å². The van der Waals surface area contributed by atoms with Gasteiger partial charge in [0.15, 0.2) is 0 Å². The molecule has 216 valence electrons. The lowest BCUT2D eigenvalue weighted by atomic mass is 9.86. The maximum absolute atomic E-state index is 13.5. The number of rotatable bonds is 13. The molecule has 1 saturated carbocycles. The van der Waals surface area contributed by atoms with E-state index in [4.69, 9.17) is 0 Å². The maximum Gasteiger partial charge on any atom is 0.243 e. The topological polar surface area (TPSA) is 145 Å². The van der Waals surface area contributed by atoms with Crippen molar-refractivity contribution in [1.82, 2.24) is 16.0 Å². The summed E-state index contributed by atoms with van der Waals surface area (Å²) in [6, 6.07) is 10.1. The molecule has 5 N–H and O–H groups in total. The van der Waals surface area contributed by atoms with E-state index < -0.39 is 29.9 Å². The van der Waals surface area contributed by atoms with Gasteiger partial charge in [-0.05, 0) is 66.5 Å². The molecule has 0 aromatic heterocycles. The molecule has 3 amide bonds. The zero-order valence-electron chi connectivity index (χ0n) is 23.3. The van der Waals surface area contributed by atoms with E-state index in [1.165, 1.54) is 30.7 Å². The van der Waals surface area contributed by atoms with Crippen LogP contribution in [0.5, 0.6) is 11.5 Å². The molecule has 1 fully saturated rings. The van der Waals surface area contributed by atoms with Crippen LogP contribution in [0.15, 0.2) is 48.5 Å². The lowest BCUT2D eigenvalue weighted by molar-refractivity contribution is -0.133. The minimum absolute atomic E-state index is 0.0969. The van der Waals surface area contributed by atoms with Crippen molar-refractivity contribution < 1.29 is 29.4 Å². The van der Waals surface area contributed by atoms with E-state index >= 15 is 0 Å². The lowest BCUT2D eigenvalue weighted by Gasteiger charge is -2.27. The number of amides is 3. The molecule has 0 saturated heterocycles. The van der Waals surface area contributed by atoms with Crippen molar-refractivity contribution >= 4 is 24.0 Å². The molecule has 9 heteroatoms. The van der Waals surface area contributed by atoms with Gasteiger partial charge >= 0.3 is 0 Å². The number of carbonyl (C=O) groups is 4. The van der Waals surface area contributed by atoms with Crippen LogP contribution < -0.4 is 16.0 Å². The molecular formula is C31H41N3O6. The van der Waals surface area contributed by atoms with Crippen molar-refractivity contribution in [3.63, 3.8) is 0 Å². The minimum Gasteiger partial charge on any atom is -0.508 e. The lowest BCUT2D eigenvalue weighted by Crippen LogP contribution is -2.57. The molecule has 1 aliphatic carbocycles. The third kappa shape index (κ3) is 9.70. The zero-order valence-corrected chi connectivity index (χ0v) is 23.3. The second-order valence-corrected chi connectivity index (χ2v) is 11.1. The van der Waals surface area contributed by atoms with E-state index in [9.17, 15) is 29.4 Å². The fourth-order valence-electron chi connectivity index (χ4n) is 5.06. The Morgan fingerprint density at radius 1 is 0.800 bits per heavy atom. The van der Waals surface area contributed by atoms with Gasteiger partial charge in [0.25, 0.3) is 0 Å². The standard InChI is InChI=1S/C31H41N3O6/c1-20(2)29(31(40)32-24(19-35)16-22-8-12-25(36)13-9-22)34-30(39)27(17-23-10-14-26(37)15-11-23)33-28(38)18-21-6-4-3-5-7-21/h8-15,19-21,24,27,29,36-37H,3-7,16-18H2,1-2H3,(H,32,40)(H,33,38)(H,34,39)/t24-,27+,29+/m1/s1. The molecule has 9 nitrogen and oxygen atoms in total. The number of phenolic OH excluding ortho intramolecular Hbond substituents is 2. The Morgan fingerprint density at radius 2 is 1.35 bits per heavy atom. The molecule has 2 aromatic carbocycles. The second kappa shape index (κ2) is 15.1. The first-order valence-electron chi connectivity index (χ1n) is 14.1. The number of aldehydes is 1. The predicted molar refractivity (Wildman–Crippen MR) is 152 cm³/mol. The summed E-state index contributed by atoms with van der Waals surface area (Å²) < 4.78 is 0. The first kappa shape index (κ1) is 30.7. The Bertz CT molecular complexity index is 1130. The molecule has 0 spiro atoms. The summed E-state index contributed by atoms with van der Waals surface area (Å²) in [5.74, 6) is -1.00. The van der Waals surface area contributed by atoms with Gasteiger partial charge in [-0.3, -0.25) is 14.4 Å². The molecule has 3 rings (SSSR count). The Hall–Kier alpha value is -3.88. The van der Waals surface area contributed by atoms with Gasteiger partial charge in [-0.2, -0.15) is 0 Å². The van der Waals surface area contributed by atoms with Crippen molar-refractivity contribution in [2.45, 2.75) is 83.3 Å². The Kier molecular flexibility index (Phi) is 11.5. The third-order valence-corrected chi connectivity index (χ3v) is 7.36. The van der Waals surface area contributed by atoms with E-state index in [2.05, 4.69) is 16.0 Å². The van der Waals surface area contributed by atoms with Crippen molar-refractivity contribution in [3.8, 4) is 11.5 Å². The van der Waals surface area contributed by atoms with Crippen molar-refractivity contribution in [3.05, 3.63) is 59.7 Å².